The van der Waals surface area contributed by atoms with Crippen molar-refractivity contribution in [1.82, 2.24) is 0 Å². The standard InChI is InChI=1S/C14H18O/c1-4-14(15)10-7-12-5-8-13(9-6-12)11(2)3/h5-11H,4H2,1-3H3/b10-7+. The second-order valence-corrected chi connectivity index (χ2v) is 3.97. The van der Waals surface area contributed by atoms with Crippen LogP contribution < -0.4 is 0 Å². The molecule has 0 aliphatic rings. The Hall–Kier alpha value is -1.37. The van der Waals surface area contributed by atoms with Gasteiger partial charge in [-0.15, -0.1) is 0 Å². The van der Waals surface area contributed by atoms with Crippen molar-refractivity contribution in [1.29, 1.82) is 0 Å². The molecule has 0 saturated heterocycles. The van der Waals surface area contributed by atoms with Crippen molar-refractivity contribution in [3.63, 3.8) is 0 Å². The largest absolute Gasteiger partial charge is 0.295 e. The molecule has 0 unspecified atom stereocenters. The minimum Gasteiger partial charge on any atom is -0.295 e. The van der Waals surface area contributed by atoms with E-state index in [1.807, 2.05) is 13.0 Å². The van der Waals surface area contributed by atoms with Crippen molar-refractivity contribution < 1.29 is 4.79 Å². The lowest BCUT2D eigenvalue weighted by molar-refractivity contribution is -0.114. The Labute approximate surface area is 91.8 Å². The number of rotatable bonds is 4. The fraction of sp³-hybridized carbons (Fsp3) is 0.357. The van der Waals surface area contributed by atoms with Gasteiger partial charge in [0.05, 0.1) is 0 Å². The molecule has 0 aliphatic carbocycles. The van der Waals surface area contributed by atoms with Crippen LogP contribution in [-0.4, -0.2) is 5.78 Å². The number of carbonyl (C=O) groups excluding carboxylic acids is 1. The van der Waals surface area contributed by atoms with Gasteiger partial charge in [0.15, 0.2) is 5.78 Å². The van der Waals surface area contributed by atoms with Crippen LogP contribution in [0.4, 0.5) is 0 Å². The van der Waals surface area contributed by atoms with E-state index in [0.717, 1.165) is 5.56 Å². The average Bonchev–Trinajstić information content (AvgIpc) is 2.26. The Morgan fingerprint density at radius 1 is 1.27 bits per heavy atom. The molecular formula is C14H18O. The summed E-state index contributed by atoms with van der Waals surface area (Å²) in [6.07, 6.45) is 4.08. The summed E-state index contributed by atoms with van der Waals surface area (Å²) in [6, 6.07) is 8.32. The van der Waals surface area contributed by atoms with Crippen molar-refractivity contribution in [3.8, 4) is 0 Å². The molecule has 80 valence electrons. The van der Waals surface area contributed by atoms with Crippen LogP contribution in [0.2, 0.25) is 0 Å². The van der Waals surface area contributed by atoms with E-state index in [1.165, 1.54) is 5.56 Å². The smallest absolute Gasteiger partial charge is 0.155 e. The average molecular weight is 202 g/mol. The van der Waals surface area contributed by atoms with Crippen molar-refractivity contribution in [2.75, 3.05) is 0 Å². The van der Waals surface area contributed by atoms with Crippen LogP contribution in [0.25, 0.3) is 6.08 Å². The molecule has 1 aromatic carbocycles. The van der Waals surface area contributed by atoms with E-state index in [2.05, 4.69) is 38.1 Å². The summed E-state index contributed by atoms with van der Waals surface area (Å²) >= 11 is 0. The fourth-order valence-electron chi connectivity index (χ4n) is 1.30. The summed E-state index contributed by atoms with van der Waals surface area (Å²) < 4.78 is 0. The highest BCUT2D eigenvalue weighted by Gasteiger charge is 1.97. The first kappa shape index (κ1) is 11.7. The van der Waals surface area contributed by atoms with Crippen LogP contribution in [0.5, 0.6) is 0 Å². The highest BCUT2D eigenvalue weighted by molar-refractivity contribution is 5.93. The minimum absolute atomic E-state index is 0.169. The zero-order chi connectivity index (χ0) is 11.3. The van der Waals surface area contributed by atoms with E-state index in [-0.39, 0.29) is 5.78 Å². The number of ketones is 1. The number of carbonyl (C=O) groups is 1. The number of hydrogen-bond acceptors (Lipinski definition) is 1. The van der Waals surface area contributed by atoms with Gasteiger partial charge in [0, 0.05) is 6.42 Å². The van der Waals surface area contributed by atoms with Crippen molar-refractivity contribution in [2.24, 2.45) is 0 Å². The van der Waals surface area contributed by atoms with Crippen LogP contribution in [-0.2, 0) is 4.79 Å². The highest BCUT2D eigenvalue weighted by atomic mass is 16.1. The van der Waals surface area contributed by atoms with Crippen molar-refractivity contribution in [2.45, 2.75) is 33.1 Å². The molecule has 0 heterocycles. The summed E-state index contributed by atoms with van der Waals surface area (Å²) in [5, 5.41) is 0. The van der Waals surface area contributed by atoms with Gasteiger partial charge < -0.3 is 0 Å². The highest BCUT2D eigenvalue weighted by Crippen LogP contribution is 2.15. The SMILES string of the molecule is CCC(=O)/C=C/c1ccc(C(C)C)cc1. The van der Waals surface area contributed by atoms with E-state index in [0.29, 0.717) is 12.3 Å². The first-order valence-corrected chi connectivity index (χ1v) is 5.44. The third-order valence-electron chi connectivity index (χ3n) is 2.41. The minimum atomic E-state index is 0.169. The number of benzene rings is 1. The second kappa shape index (κ2) is 5.50. The van der Waals surface area contributed by atoms with E-state index in [1.54, 1.807) is 6.08 Å². The van der Waals surface area contributed by atoms with Gasteiger partial charge in [0.1, 0.15) is 0 Å². The third-order valence-corrected chi connectivity index (χ3v) is 2.41. The Balaban J connectivity index is 2.72. The summed E-state index contributed by atoms with van der Waals surface area (Å²) in [7, 11) is 0. The predicted molar refractivity (Wildman–Crippen MR) is 64.9 cm³/mol. The summed E-state index contributed by atoms with van der Waals surface area (Å²) in [4.78, 5) is 11.1. The molecule has 0 atom stereocenters. The zero-order valence-corrected chi connectivity index (χ0v) is 9.66. The molecule has 0 fully saturated rings. The van der Waals surface area contributed by atoms with Crippen LogP contribution in [0.15, 0.2) is 30.3 Å². The third kappa shape index (κ3) is 3.70. The lowest BCUT2D eigenvalue weighted by Gasteiger charge is -2.04. The summed E-state index contributed by atoms with van der Waals surface area (Å²) in [5.74, 6) is 0.725. The van der Waals surface area contributed by atoms with Crippen LogP contribution in [0.3, 0.4) is 0 Å². The van der Waals surface area contributed by atoms with Gasteiger partial charge in [-0.25, -0.2) is 0 Å². The van der Waals surface area contributed by atoms with Crippen molar-refractivity contribution in [3.05, 3.63) is 41.5 Å². The predicted octanol–water partition coefficient (Wildman–Crippen LogP) is 3.80. The fourth-order valence-corrected chi connectivity index (χ4v) is 1.30. The van der Waals surface area contributed by atoms with Gasteiger partial charge in [-0.1, -0.05) is 51.1 Å². The van der Waals surface area contributed by atoms with Crippen molar-refractivity contribution >= 4 is 11.9 Å². The monoisotopic (exact) mass is 202 g/mol. The Morgan fingerprint density at radius 2 is 1.87 bits per heavy atom. The molecule has 0 radical (unpaired) electrons. The van der Waals surface area contributed by atoms with Crippen LogP contribution in [0, 0.1) is 0 Å². The quantitative estimate of drug-likeness (QED) is 0.679. The number of allylic oxidation sites excluding steroid dienone is 1. The number of hydrogen-bond donors (Lipinski definition) is 0. The molecule has 1 aromatic rings. The maximum atomic E-state index is 11.1. The summed E-state index contributed by atoms with van der Waals surface area (Å²) in [5.41, 5.74) is 2.41. The maximum absolute atomic E-state index is 11.1. The van der Waals surface area contributed by atoms with Gasteiger partial charge >= 0.3 is 0 Å². The Kier molecular flexibility index (Phi) is 4.29. The van der Waals surface area contributed by atoms with E-state index in [4.69, 9.17) is 0 Å². The van der Waals surface area contributed by atoms with E-state index in [9.17, 15) is 4.79 Å². The molecule has 0 bridgehead atoms. The normalized spacial score (nSPS) is 11.2. The molecule has 0 N–H and O–H groups in total. The molecule has 15 heavy (non-hydrogen) atoms. The first-order chi connectivity index (χ1) is 7.13. The van der Waals surface area contributed by atoms with Crippen LogP contribution in [0.1, 0.15) is 44.2 Å². The molecule has 1 nitrogen and oxygen atoms in total. The van der Waals surface area contributed by atoms with Gasteiger partial charge in [-0.2, -0.15) is 0 Å². The Morgan fingerprint density at radius 3 is 2.33 bits per heavy atom. The molecule has 1 rings (SSSR count). The van der Waals surface area contributed by atoms with Gasteiger partial charge in [0.25, 0.3) is 0 Å². The Bertz CT molecular complexity index is 344. The van der Waals surface area contributed by atoms with Gasteiger partial charge in [-0.3, -0.25) is 4.79 Å². The molecule has 0 aromatic heterocycles. The van der Waals surface area contributed by atoms with Crippen LogP contribution >= 0.6 is 0 Å². The van der Waals surface area contributed by atoms with Gasteiger partial charge in [-0.05, 0) is 23.1 Å². The molecule has 0 amide bonds. The van der Waals surface area contributed by atoms with E-state index < -0.39 is 0 Å². The molecular weight excluding hydrogens is 184 g/mol. The maximum Gasteiger partial charge on any atom is 0.155 e. The lowest BCUT2D eigenvalue weighted by Crippen LogP contribution is -1.88. The summed E-state index contributed by atoms with van der Waals surface area (Å²) in [6.45, 7) is 6.21. The second-order valence-electron chi connectivity index (χ2n) is 3.97. The molecule has 0 aliphatic heterocycles. The topological polar surface area (TPSA) is 17.1 Å². The first-order valence-electron chi connectivity index (χ1n) is 5.44. The van der Waals surface area contributed by atoms with E-state index >= 15 is 0 Å². The van der Waals surface area contributed by atoms with Gasteiger partial charge in [0.2, 0.25) is 0 Å². The molecule has 0 spiro atoms. The molecule has 0 saturated carbocycles. The zero-order valence-electron chi connectivity index (χ0n) is 9.66. The molecule has 1 heteroatoms. The lowest BCUT2D eigenvalue weighted by atomic mass is 10.0.